The molecule has 1 unspecified atom stereocenters. The Bertz CT molecular complexity index is 259. The van der Waals surface area contributed by atoms with E-state index in [1.54, 1.807) is 6.92 Å². The summed E-state index contributed by atoms with van der Waals surface area (Å²) in [6.45, 7) is 1.61. The molecule has 0 aliphatic carbocycles. The van der Waals surface area contributed by atoms with Crippen LogP contribution in [0.3, 0.4) is 0 Å². The highest BCUT2D eigenvalue weighted by molar-refractivity contribution is 7.32. The first-order chi connectivity index (χ1) is 6.07. The van der Waals surface area contributed by atoms with Crippen LogP contribution in [0.25, 0.3) is 0 Å². The number of amides is 1. The predicted molar refractivity (Wildman–Crippen MR) is 47.9 cm³/mol. The van der Waals surface area contributed by atoms with E-state index in [-0.39, 0.29) is 5.91 Å². The predicted octanol–water partition coefficient (Wildman–Crippen LogP) is 0.859. The number of rotatable bonds is 4. The number of allylic oxidation sites excluding steroid dienone is 2. The average Bonchev–Trinajstić information content (AvgIpc) is 2.10. The molecule has 1 atom stereocenters. The zero-order chi connectivity index (χ0) is 10.3. The summed E-state index contributed by atoms with van der Waals surface area (Å²) in [7, 11) is -1.10. The van der Waals surface area contributed by atoms with Crippen LogP contribution in [0.5, 0.6) is 0 Å². The van der Waals surface area contributed by atoms with Crippen LogP contribution in [-0.2, 0) is 13.9 Å². The van der Waals surface area contributed by atoms with E-state index in [2.05, 4.69) is 9.84 Å². The summed E-state index contributed by atoms with van der Waals surface area (Å²) >= 11 is 0. The van der Waals surface area contributed by atoms with Crippen molar-refractivity contribution in [2.75, 3.05) is 7.05 Å². The monoisotopic (exact) mass is 204 g/mol. The molecule has 0 aliphatic rings. The Labute approximate surface area is 77.0 Å². The molecule has 0 radical (unpaired) electrons. The molecule has 1 amide bonds. The molecular formula is C7H11NO4P+. The molecule has 5 nitrogen and oxygen atoms in total. The van der Waals surface area contributed by atoms with Crippen molar-refractivity contribution < 1.29 is 18.8 Å². The lowest BCUT2D eigenvalue weighted by atomic mass is 10.2. The number of nitrogens with one attached hydrogen (secondary N) is 1. The third kappa shape index (κ3) is 6.02. The largest absolute Gasteiger partial charge is 0.746 e. The van der Waals surface area contributed by atoms with Gasteiger partial charge in [0.05, 0.1) is 0 Å². The molecule has 0 fully saturated rings. The van der Waals surface area contributed by atoms with E-state index in [9.17, 15) is 9.36 Å². The first-order valence-corrected chi connectivity index (χ1v) is 4.59. The fourth-order valence-electron chi connectivity index (χ4n) is 0.544. The van der Waals surface area contributed by atoms with Gasteiger partial charge in [0, 0.05) is 17.2 Å². The van der Waals surface area contributed by atoms with Crippen molar-refractivity contribution >= 4 is 14.2 Å². The number of likely N-dealkylation sites (N-methyl/N-ethyl adjacent to an activating group) is 1. The zero-order valence-electron chi connectivity index (χ0n) is 7.35. The summed E-state index contributed by atoms with van der Waals surface area (Å²) in [5.41, 5.74) is 0.482. The van der Waals surface area contributed by atoms with Gasteiger partial charge < -0.3 is 5.32 Å². The van der Waals surface area contributed by atoms with Gasteiger partial charge in [-0.3, -0.25) is 4.79 Å². The third-order valence-electron chi connectivity index (χ3n) is 1.16. The third-order valence-corrected chi connectivity index (χ3v) is 1.46. The molecule has 0 rings (SSSR count). The summed E-state index contributed by atoms with van der Waals surface area (Å²) in [6.07, 6.45) is 3.89. The van der Waals surface area contributed by atoms with Crippen LogP contribution >= 0.6 is 8.25 Å². The average molecular weight is 204 g/mol. The maximum absolute atomic E-state index is 10.9. The molecule has 2 N–H and O–H groups in total. The van der Waals surface area contributed by atoms with E-state index in [1.165, 1.54) is 19.2 Å². The summed E-state index contributed by atoms with van der Waals surface area (Å²) in [5.74, 6) is -0.210. The van der Waals surface area contributed by atoms with Gasteiger partial charge in [0.25, 0.3) is 0 Å². The Morgan fingerprint density at radius 3 is 2.69 bits per heavy atom. The minimum absolute atomic E-state index is 0.210. The summed E-state index contributed by atoms with van der Waals surface area (Å²) in [5, 5.41) is 2.43. The SMILES string of the molecule is CNC(=O)/C(C)=C\C=C\O[P+](=O)O. The molecule has 0 aromatic heterocycles. The minimum atomic E-state index is -2.62. The van der Waals surface area contributed by atoms with E-state index in [0.717, 1.165) is 6.26 Å². The maximum Gasteiger partial charge on any atom is 0.746 e. The molecular weight excluding hydrogens is 193 g/mol. The first-order valence-electron chi connectivity index (χ1n) is 3.46. The number of carbonyl (C=O) groups is 1. The molecule has 0 aromatic carbocycles. The highest BCUT2D eigenvalue weighted by Crippen LogP contribution is 2.14. The topological polar surface area (TPSA) is 75.6 Å². The lowest BCUT2D eigenvalue weighted by molar-refractivity contribution is -0.116. The van der Waals surface area contributed by atoms with Gasteiger partial charge in [0.15, 0.2) is 6.26 Å². The smallest absolute Gasteiger partial charge is 0.355 e. The molecule has 0 aromatic rings. The van der Waals surface area contributed by atoms with Crippen LogP contribution in [0.15, 0.2) is 24.0 Å². The Balaban J connectivity index is 4.03. The molecule has 72 valence electrons. The first kappa shape index (κ1) is 11.8. The van der Waals surface area contributed by atoms with Gasteiger partial charge in [0.2, 0.25) is 5.91 Å². The molecule has 0 aliphatic heterocycles. The van der Waals surface area contributed by atoms with E-state index >= 15 is 0 Å². The molecule has 0 bridgehead atoms. The quantitative estimate of drug-likeness (QED) is 0.308. The Morgan fingerprint density at radius 1 is 1.62 bits per heavy atom. The van der Waals surface area contributed by atoms with Gasteiger partial charge >= 0.3 is 8.25 Å². The van der Waals surface area contributed by atoms with Crippen LogP contribution in [-0.4, -0.2) is 17.8 Å². The summed E-state index contributed by atoms with van der Waals surface area (Å²) in [4.78, 5) is 19.1. The van der Waals surface area contributed by atoms with Gasteiger partial charge in [-0.15, -0.1) is 4.89 Å². The highest BCUT2D eigenvalue weighted by atomic mass is 31.1. The van der Waals surface area contributed by atoms with Crippen molar-refractivity contribution in [3.05, 3.63) is 24.0 Å². The number of hydrogen-bond acceptors (Lipinski definition) is 3. The van der Waals surface area contributed by atoms with Crippen LogP contribution in [0.4, 0.5) is 0 Å². The van der Waals surface area contributed by atoms with Crippen LogP contribution in [0.1, 0.15) is 6.92 Å². The van der Waals surface area contributed by atoms with Crippen LogP contribution < -0.4 is 5.32 Å². The Morgan fingerprint density at radius 2 is 2.23 bits per heavy atom. The van der Waals surface area contributed by atoms with Gasteiger partial charge in [-0.05, 0) is 13.0 Å². The van der Waals surface area contributed by atoms with Crippen molar-refractivity contribution in [1.82, 2.24) is 5.32 Å². The van der Waals surface area contributed by atoms with Crippen molar-refractivity contribution in [1.29, 1.82) is 0 Å². The maximum atomic E-state index is 10.9. The van der Waals surface area contributed by atoms with Crippen molar-refractivity contribution in [2.24, 2.45) is 0 Å². The fraction of sp³-hybridized carbons (Fsp3) is 0.286. The fourth-order valence-corrected chi connectivity index (χ4v) is 0.718. The molecule has 0 saturated carbocycles. The Kier molecular flexibility index (Phi) is 5.76. The van der Waals surface area contributed by atoms with Gasteiger partial charge in [-0.2, -0.15) is 0 Å². The lowest BCUT2D eigenvalue weighted by Crippen LogP contribution is -2.18. The van der Waals surface area contributed by atoms with E-state index in [1.807, 2.05) is 0 Å². The van der Waals surface area contributed by atoms with Crippen molar-refractivity contribution in [2.45, 2.75) is 6.92 Å². The Hall–Kier alpha value is -1.19. The molecule has 0 saturated heterocycles. The zero-order valence-corrected chi connectivity index (χ0v) is 8.25. The second-order valence-electron chi connectivity index (χ2n) is 2.10. The molecule has 13 heavy (non-hydrogen) atoms. The molecule has 0 heterocycles. The number of hydrogen-bond donors (Lipinski definition) is 2. The van der Waals surface area contributed by atoms with Crippen molar-refractivity contribution in [3.8, 4) is 0 Å². The minimum Gasteiger partial charge on any atom is -0.355 e. The van der Waals surface area contributed by atoms with Gasteiger partial charge in [-0.1, -0.05) is 6.08 Å². The normalized spacial score (nSPS) is 12.8. The lowest BCUT2D eigenvalue weighted by Gasteiger charge is -1.95. The van der Waals surface area contributed by atoms with Crippen LogP contribution in [0.2, 0.25) is 0 Å². The highest BCUT2D eigenvalue weighted by Gasteiger charge is 2.06. The van der Waals surface area contributed by atoms with E-state index < -0.39 is 8.25 Å². The summed E-state index contributed by atoms with van der Waals surface area (Å²) in [6, 6.07) is 0. The second kappa shape index (κ2) is 6.34. The molecule has 6 heteroatoms. The second-order valence-corrected chi connectivity index (χ2v) is 2.79. The molecule has 0 spiro atoms. The van der Waals surface area contributed by atoms with Gasteiger partial charge in [-0.25, -0.2) is 4.52 Å². The van der Waals surface area contributed by atoms with Gasteiger partial charge in [0.1, 0.15) is 0 Å². The van der Waals surface area contributed by atoms with Crippen LogP contribution in [0, 0.1) is 0 Å². The summed E-state index contributed by atoms with van der Waals surface area (Å²) < 4.78 is 14.2. The van der Waals surface area contributed by atoms with E-state index in [0.29, 0.717) is 5.57 Å². The number of carbonyl (C=O) groups excluding carboxylic acids is 1. The standard InChI is InChI=1S/C7H10NO4P/c1-6(7(9)8-2)4-3-5-12-13(10)11/h3-5H,1-2H3,(H-,8,9,10,11)/p+1/b5-3+,6-4-. The van der Waals surface area contributed by atoms with E-state index in [4.69, 9.17) is 4.89 Å². The van der Waals surface area contributed by atoms with Crippen molar-refractivity contribution in [3.63, 3.8) is 0 Å².